The number of aromatic nitrogens is 4. The van der Waals surface area contributed by atoms with E-state index in [1.807, 2.05) is 0 Å². The molecule has 0 spiro atoms. The molecule has 0 aliphatic carbocycles. The molecule has 0 saturated heterocycles. The number of rotatable bonds is 7. The fourth-order valence-electron chi connectivity index (χ4n) is 1.06. The SMILES string of the molecule is C=CCOB(Oc1cc[nH]n1)Oc1cc[nH]n1.[Ni]. The predicted molar refractivity (Wildman–Crippen MR) is 60.3 cm³/mol. The van der Waals surface area contributed by atoms with Crippen LogP contribution in [-0.2, 0) is 21.1 Å². The molecule has 0 unspecified atom stereocenters. The van der Waals surface area contributed by atoms with Crippen molar-refractivity contribution in [3.63, 3.8) is 0 Å². The predicted octanol–water partition coefficient (Wildman–Crippen LogP) is 0.776. The van der Waals surface area contributed by atoms with Crippen molar-refractivity contribution >= 4 is 7.32 Å². The van der Waals surface area contributed by atoms with E-state index >= 15 is 0 Å². The fourth-order valence-corrected chi connectivity index (χ4v) is 1.06. The van der Waals surface area contributed by atoms with Gasteiger partial charge in [0.2, 0.25) is 11.8 Å². The van der Waals surface area contributed by atoms with Crippen LogP contribution in [-0.4, -0.2) is 34.3 Å². The molecule has 98 valence electrons. The van der Waals surface area contributed by atoms with Crippen molar-refractivity contribution in [1.82, 2.24) is 20.4 Å². The van der Waals surface area contributed by atoms with Crippen molar-refractivity contribution in [2.75, 3.05) is 6.61 Å². The third-order valence-electron chi connectivity index (χ3n) is 1.73. The van der Waals surface area contributed by atoms with Gasteiger partial charge in [0.25, 0.3) is 0 Å². The number of hydrogen-bond donors (Lipinski definition) is 2. The van der Waals surface area contributed by atoms with Gasteiger partial charge in [0.1, 0.15) is 0 Å². The molecule has 0 atom stereocenters. The molecular weight excluding hydrogens is 282 g/mol. The zero-order chi connectivity index (χ0) is 11.9. The van der Waals surface area contributed by atoms with Gasteiger partial charge in [-0.15, -0.1) is 16.8 Å². The molecule has 0 radical (unpaired) electrons. The third-order valence-corrected chi connectivity index (χ3v) is 1.73. The number of H-pyrrole nitrogens is 2. The molecule has 7 nitrogen and oxygen atoms in total. The minimum absolute atomic E-state index is 0. The molecular formula is C9H11BN4NiO3. The minimum atomic E-state index is -0.931. The van der Waals surface area contributed by atoms with Gasteiger partial charge < -0.3 is 14.0 Å². The van der Waals surface area contributed by atoms with Crippen LogP contribution in [0, 0.1) is 0 Å². The smallest absolute Gasteiger partial charge is 0.485 e. The summed E-state index contributed by atoms with van der Waals surface area (Å²) in [6, 6.07) is 3.30. The van der Waals surface area contributed by atoms with Gasteiger partial charge in [-0.25, -0.2) is 0 Å². The van der Waals surface area contributed by atoms with E-state index in [2.05, 4.69) is 27.0 Å². The van der Waals surface area contributed by atoms with Gasteiger partial charge >= 0.3 is 7.32 Å². The Morgan fingerprint density at radius 3 is 2.11 bits per heavy atom. The summed E-state index contributed by atoms with van der Waals surface area (Å²) < 4.78 is 16.0. The Balaban J connectivity index is 0.00000162. The second-order valence-corrected chi connectivity index (χ2v) is 2.97. The van der Waals surface area contributed by atoms with E-state index in [-0.39, 0.29) is 16.5 Å². The first-order chi connectivity index (χ1) is 8.38. The zero-order valence-corrected chi connectivity index (χ0v) is 10.3. The van der Waals surface area contributed by atoms with E-state index in [4.69, 9.17) is 14.0 Å². The zero-order valence-electron chi connectivity index (χ0n) is 9.31. The van der Waals surface area contributed by atoms with Gasteiger partial charge in [-0.2, -0.15) is 0 Å². The van der Waals surface area contributed by atoms with Crippen LogP contribution >= 0.6 is 0 Å². The molecule has 9 heteroatoms. The normalized spacial score (nSPS) is 9.33. The van der Waals surface area contributed by atoms with Crippen LogP contribution in [0.15, 0.2) is 37.2 Å². The van der Waals surface area contributed by atoms with Gasteiger partial charge in [-0.1, -0.05) is 6.08 Å². The van der Waals surface area contributed by atoms with Crippen LogP contribution in [0.1, 0.15) is 0 Å². The van der Waals surface area contributed by atoms with Crippen LogP contribution in [0.2, 0.25) is 0 Å². The van der Waals surface area contributed by atoms with Crippen molar-refractivity contribution < 1.29 is 30.5 Å². The summed E-state index contributed by atoms with van der Waals surface area (Å²) in [4.78, 5) is 0. The Bertz CT molecular complexity index is 400. The maximum Gasteiger partial charge on any atom is 0.790 e. The largest absolute Gasteiger partial charge is 0.790 e. The number of nitrogens with one attached hydrogen (secondary N) is 2. The first kappa shape index (κ1) is 14.3. The van der Waals surface area contributed by atoms with Crippen molar-refractivity contribution in [3.8, 4) is 11.8 Å². The molecule has 0 bridgehead atoms. The van der Waals surface area contributed by atoms with Crippen LogP contribution in [0.5, 0.6) is 11.8 Å². The summed E-state index contributed by atoms with van der Waals surface area (Å²) in [7, 11) is -0.931. The van der Waals surface area contributed by atoms with Crippen molar-refractivity contribution in [1.29, 1.82) is 0 Å². The Hall–Kier alpha value is -1.72. The van der Waals surface area contributed by atoms with E-state index in [0.29, 0.717) is 18.4 Å². The van der Waals surface area contributed by atoms with Gasteiger partial charge in [-0.05, 0) is 0 Å². The van der Waals surface area contributed by atoms with E-state index in [1.54, 1.807) is 30.6 Å². The molecule has 2 N–H and O–H groups in total. The maximum atomic E-state index is 5.34. The second kappa shape index (κ2) is 7.57. The van der Waals surface area contributed by atoms with Gasteiger partial charge in [0.05, 0.1) is 6.61 Å². The summed E-state index contributed by atoms with van der Waals surface area (Å²) in [5, 5.41) is 12.9. The second-order valence-electron chi connectivity index (χ2n) is 2.97. The Morgan fingerprint density at radius 1 is 1.17 bits per heavy atom. The molecule has 2 aromatic heterocycles. The van der Waals surface area contributed by atoms with Crippen molar-refractivity contribution in [3.05, 3.63) is 37.2 Å². The van der Waals surface area contributed by atoms with Crippen molar-refractivity contribution in [2.45, 2.75) is 0 Å². The van der Waals surface area contributed by atoms with E-state index in [1.165, 1.54) is 0 Å². The number of hydrogen-bond acceptors (Lipinski definition) is 5. The summed E-state index contributed by atoms with van der Waals surface area (Å²) in [5.74, 6) is 0.740. The third kappa shape index (κ3) is 4.27. The van der Waals surface area contributed by atoms with Crippen LogP contribution < -0.4 is 9.31 Å². The van der Waals surface area contributed by atoms with Gasteiger partial charge in [0, 0.05) is 41.0 Å². The average Bonchev–Trinajstić information content (AvgIpc) is 2.99. The Labute approximate surface area is 114 Å². The first-order valence-corrected chi connectivity index (χ1v) is 4.94. The molecule has 2 rings (SSSR count). The van der Waals surface area contributed by atoms with Crippen LogP contribution in [0.3, 0.4) is 0 Å². The molecule has 0 amide bonds. The summed E-state index contributed by atoms with van der Waals surface area (Å²) >= 11 is 0. The minimum Gasteiger partial charge on any atom is -0.485 e. The molecule has 0 aromatic carbocycles. The Morgan fingerprint density at radius 2 is 1.72 bits per heavy atom. The summed E-state index contributed by atoms with van der Waals surface area (Å²) in [5.41, 5.74) is 0. The molecule has 0 saturated carbocycles. The number of nitrogens with zero attached hydrogens (tertiary/aromatic N) is 2. The molecule has 0 aliphatic rings. The maximum absolute atomic E-state index is 5.34. The average molecular weight is 293 g/mol. The van der Waals surface area contributed by atoms with Gasteiger partial charge in [0.15, 0.2) is 0 Å². The van der Waals surface area contributed by atoms with E-state index in [0.717, 1.165) is 0 Å². The summed E-state index contributed by atoms with van der Waals surface area (Å²) in [6.45, 7) is 3.84. The topological polar surface area (TPSA) is 85.0 Å². The standard InChI is InChI=1S/C9H11BN4O3.Ni/c1-2-7-15-10(16-8-3-5-11-13-8)17-9-4-6-12-14-9;/h2-6H,1,7H2,(H,11,13)(H,12,14);. The molecule has 18 heavy (non-hydrogen) atoms. The monoisotopic (exact) mass is 292 g/mol. The molecule has 2 heterocycles. The quantitative estimate of drug-likeness (QED) is 0.582. The van der Waals surface area contributed by atoms with Crippen LogP contribution in [0.4, 0.5) is 0 Å². The van der Waals surface area contributed by atoms with Gasteiger partial charge in [-0.3, -0.25) is 10.2 Å². The van der Waals surface area contributed by atoms with Crippen LogP contribution in [0.25, 0.3) is 0 Å². The number of aromatic amines is 2. The van der Waals surface area contributed by atoms with E-state index in [9.17, 15) is 0 Å². The Kier molecular flexibility index (Phi) is 6.03. The van der Waals surface area contributed by atoms with Crippen molar-refractivity contribution in [2.24, 2.45) is 0 Å². The molecule has 0 fully saturated rings. The first-order valence-electron chi connectivity index (χ1n) is 4.94. The molecule has 2 aromatic rings. The summed E-state index contributed by atoms with van der Waals surface area (Å²) in [6.07, 6.45) is 4.86. The molecule has 0 aliphatic heterocycles. The van der Waals surface area contributed by atoms with E-state index < -0.39 is 7.32 Å². The fraction of sp³-hybridized carbons (Fsp3) is 0.111.